The molecule has 0 saturated heterocycles. The van der Waals surface area contributed by atoms with Gasteiger partial charge in [0.15, 0.2) is 5.82 Å². The van der Waals surface area contributed by atoms with E-state index in [9.17, 15) is 0 Å². The molecule has 0 saturated carbocycles. The molecule has 1 aromatic heterocycles. The monoisotopic (exact) mass is 332 g/mol. The van der Waals surface area contributed by atoms with E-state index in [-0.39, 0.29) is 5.28 Å². The molecule has 0 atom stereocenters. The van der Waals surface area contributed by atoms with Gasteiger partial charge >= 0.3 is 0 Å². The summed E-state index contributed by atoms with van der Waals surface area (Å²) in [6, 6.07) is 5.38. The fourth-order valence-electron chi connectivity index (χ4n) is 1.18. The van der Waals surface area contributed by atoms with Gasteiger partial charge in [-0.3, -0.25) is 0 Å². The highest BCUT2D eigenvalue weighted by molar-refractivity contribution is 9.10. The first kappa shape index (κ1) is 12.4. The van der Waals surface area contributed by atoms with Gasteiger partial charge in [0, 0.05) is 10.2 Å². The molecule has 0 radical (unpaired) electrons. The second-order valence-electron chi connectivity index (χ2n) is 3.20. The highest BCUT2D eigenvalue weighted by Gasteiger charge is 2.05. The Kier molecular flexibility index (Phi) is 3.71. The molecule has 0 unspecified atom stereocenters. The summed E-state index contributed by atoms with van der Waals surface area (Å²) in [5.74, 6) is 0.458. The topological polar surface area (TPSA) is 63.8 Å². The van der Waals surface area contributed by atoms with Crippen LogP contribution in [0.3, 0.4) is 0 Å². The number of rotatable bonds is 2. The fourth-order valence-corrected chi connectivity index (χ4v) is 1.81. The predicted octanol–water partition coefficient (Wildman–Crippen LogP) is 3.87. The summed E-state index contributed by atoms with van der Waals surface area (Å²) in [7, 11) is 0. The molecule has 7 heteroatoms. The Hall–Kier alpha value is -1.04. The fraction of sp³-hybridized carbons (Fsp3) is 0. The average Bonchev–Trinajstić information content (AvgIpc) is 2.29. The summed E-state index contributed by atoms with van der Waals surface area (Å²) in [6.45, 7) is 0. The molecule has 1 heterocycles. The molecule has 0 bridgehead atoms. The van der Waals surface area contributed by atoms with Crippen molar-refractivity contribution in [2.45, 2.75) is 0 Å². The van der Waals surface area contributed by atoms with Crippen molar-refractivity contribution in [3.63, 3.8) is 0 Å². The molecule has 0 fully saturated rings. The Morgan fingerprint density at radius 1 is 1.29 bits per heavy atom. The minimum atomic E-state index is 0.134. The van der Waals surface area contributed by atoms with Crippen LogP contribution in [0.25, 0.3) is 0 Å². The highest BCUT2D eigenvalue weighted by Crippen LogP contribution is 2.28. The summed E-state index contributed by atoms with van der Waals surface area (Å²) < 4.78 is 0.780. The van der Waals surface area contributed by atoms with Gasteiger partial charge in [-0.25, -0.2) is 4.98 Å². The van der Waals surface area contributed by atoms with Crippen molar-refractivity contribution in [2.75, 3.05) is 11.1 Å². The van der Waals surface area contributed by atoms with E-state index in [4.69, 9.17) is 28.9 Å². The molecule has 2 rings (SSSR count). The lowest BCUT2D eigenvalue weighted by Gasteiger charge is -2.08. The molecule has 17 heavy (non-hydrogen) atoms. The zero-order valence-electron chi connectivity index (χ0n) is 8.42. The summed E-state index contributed by atoms with van der Waals surface area (Å²) >= 11 is 14.9. The van der Waals surface area contributed by atoms with Gasteiger partial charge < -0.3 is 11.1 Å². The molecule has 3 N–H and O–H groups in total. The third-order valence-electron chi connectivity index (χ3n) is 1.97. The lowest BCUT2D eigenvalue weighted by molar-refractivity contribution is 1.17. The van der Waals surface area contributed by atoms with Crippen LogP contribution >= 0.6 is 39.1 Å². The van der Waals surface area contributed by atoms with Crippen molar-refractivity contribution in [3.8, 4) is 0 Å². The maximum Gasteiger partial charge on any atom is 0.224 e. The Balaban J connectivity index is 2.31. The second kappa shape index (κ2) is 5.08. The number of anilines is 3. The highest BCUT2D eigenvalue weighted by atomic mass is 79.9. The minimum absolute atomic E-state index is 0.134. The standard InChI is InChI=1S/C10H7BrCl2N4/c11-6-3-5(1-2-7(6)12)16-9-8(14)4-15-10(13)17-9/h1-4H,14H2,(H,15,16,17). The largest absolute Gasteiger partial charge is 0.394 e. The maximum absolute atomic E-state index is 5.89. The van der Waals surface area contributed by atoms with Crippen LogP contribution in [0.2, 0.25) is 10.3 Å². The zero-order valence-corrected chi connectivity index (χ0v) is 11.5. The Morgan fingerprint density at radius 3 is 2.76 bits per heavy atom. The first-order valence-electron chi connectivity index (χ1n) is 4.56. The number of nitrogens with zero attached hydrogens (tertiary/aromatic N) is 2. The number of nitrogen functional groups attached to an aromatic ring is 1. The van der Waals surface area contributed by atoms with Gasteiger partial charge in [0.25, 0.3) is 0 Å². The van der Waals surface area contributed by atoms with Gasteiger partial charge in [0.1, 0.15) is 0 Å². The molecule has 0 amide bonds. The summed E-state index contributed by atoms with van der Waals surface area (Å²) in [6.07, 6.45) is 1.45. The lowest BCUT2D eigenvalue weighted by atomic mass is 10.3. The molecule has 88 valence electrons. The Morgan fingerprint density at radius 2 is 2.06 bits per heavy atom. The van der Waals surface area contributed by atoms with E-state index >= 15 is 0 Å². The third kappa shape index (κ3) is 3.00. The molecule has 0 aliphatic carbocycles. The smallest absolute Gasteiger partial charge is 0.224 e. The van der Waals surface area contributed by atoms with Crippen LogP contribution in [0.4, 0.5) is 17.2 Å². The Bertz CT molecular complexity index is 562. The van der Waals surface area contributed by atoms with E-state index < -0.39 is 0 Å². The number of halogens is 3. The molecule has 0 aliphatic heterocycles. The van der Waals surface area contributed by atoms with E-state index in [0.29, 0.717) is 16.5 Å². The lowest BCUT2D eigenvalue weighted by Crippen LogP contribution is -2.00. The van der Waals surface area contributed by atoms with Crippen molar-refractivity contribution in [3.05, 3.63) is 39.2 Å². The third-order valence-corrected chi connectivity index (χ3v) is 3.37. The maximum atomic E-state index is 5.89. The van der Waals surface area contributed by atoms with E-state index in [1.807, 2.05) is 12.1 Å². The van der Waals surface area contributed by atoms with Crippen LogP contribution in [0.1, 0.15) is 0 Å². The number of nitrogens with one attached hydrogen (secondary N) is 1. The first-order valence-corrected chi connectivity index (χ1v) is 6.11. The van der Waals surface area contributed by atoms with Gasteiger partial charge in [0.2, 0.25) is 5.28 Å². The zero-order chi connectivity index (χ0) is 12.4. The van der Waals surface area contributed by atoms with Crippen molar-refractivity contribution < 1.29 is 0 Å². The first-order chi connectivity index (χ1) is 8.06. The predicted molar refractivity (Wildman–Crippen MR) is 73.9 cm³/mol. The number of aromatic nitrogens is 2. The number of benzene rings is 1. The van der Waals surface area contributed by atoms with Crippen LogP contribution in [-0.2, 0) is 0 Å². The SMILES string of the molecule is Nc1cnc(Cl)nc1Nc1ccc(Cl)c(Br)c1. The molecule has 1 aromatic carbocycles. The Labute approximate surface area is 116 Å². The number of hydrogen-bond donors (Lipinski definition) is 2. The summed E-state index contributed by atoms with van der Waals surface area (Å²) in [4.78, 5) is 7.76. The summed E-state index contributed by atoms with van der Waals surface area (Å²) in [5.41, 5.74) is 6.93. The van der Waals surface area contributed by atoms with E-state index in [0.717, 1.165) is 10.2 Å². The van der Waals surface area contributed by atoms with Crippen molar-refractivity contribution >= 4 is 56.3 Å². The number of nitrogens with two attached hydrogens (primary N) is 1. The average molecular weight is 334 g/mol. The van der Waals surface area contributed by atoms with E-state index in [1.165, 1.54) is 6.20 Å². The van der Waals surface area contributed by atoms with Gasteiger partial charge in [-0.05, 0) is 45.7 Å². The van der Waals surface area contributed by atoms with Crippen LogP contribution in [-0.4, -0.2) is 9.97 Å². The molecule has 4 nitrogen and oxygen atoms in total. The second-order valence-corrected chi connectivity index (χ2v) is 4.80. The van der Waals surface area contributed by atoms with E-state index in [1.54, 1.807) is 6.07 Å². The molecular weight excluding hydrogens is 327 g/mol. The normalized spacial score (nSPS) is 10.3. The molecule has 2 aromatic rings. The molecule has 0 aliphatic rings. The van der Waals surface area contributed by atoms with Crippen molar-refractivity contribution in [2.24, 2.45) is 0 Å². The van der Waals surface area contributed by atoms with Gasteiger partial charge in [-0.15, -0.1) is 0 Å². The quantitative estimate of drug-likeness (QED) is 0.819. The van der Waals surface area contributed by atoms with E-state index in [2.05, 4.69) is 31.2 Å². The van der Waals surface area contributed by atoms with Crippen LogP contribution in [0.5, 0.6) is 0 Å². The van der Waals surface area contributed by atoms with Crippen LogP contribution < -0.4 is 11.1 Å². The minimum Gasteiger partial charge on any atom is -0.394 e. The van der Waals surface area contributed by atoms with Gasteiger partial charge in [0.05, 0.1) is 16.9 Å². The van der Waals surface area contributed by atoms with Gasteiger partial charge in [-0.2, -0.15) is 4.98 Å². The van der Waals surface area contributed by atoms with Crippen LogP contribution in [0.15, 0.2) is 28.9 Å². The number of hydrogen-bond acceptors (Lipinski definition) is 4. The molecule has 0 spiro atoms. The van der Waals surface area contributed by atoms with Gasteiger partial charge in [-0.1, -0.05) is 11.6 Å². The van der Waals surface area contributed by atoms with Crippen LogP contribution in [0, 0.1) is 0 Å². The molecular formula is C10H7BrCl2N4. The van der Waals surface area contributed by atoms with Crippen molar-refractivity contribution in [1.82, 2.24) is 9.97 Å². The summed E-state index contributed by atoms with van der Waals surface area (Å²) in [5, 5.41) is 3.79. The van der Waals surface area contributed by atoms with Crippen molar-refractivity contribution in [1.29, 1.82) is 0 Å².